The van der Waals surface area contributed by atoms with Crippen LogP contribution in [-0.2, 0) is 9.59 Å². The van der Waals surface area contributed by atoms with Crippen molar-refractivity contribution in [1.29, 1.82) is 0 Å². The first-order valence-electron chi connectivity index (χ1n) is 5.76. The lowest BCUT2D eigenvalue weighted by Crippen LogP contribution is -2.60. The van der Waals surface area contributed by atoms with Gasteiger partial charge in [-0.15, -0.1) is 0 Å². The molecule has 1 atom stereocenters. The van der Waals surface area contributed by atoms with E-state index in [4.69, 9.17) is 0 Å². The van der Waals surface area contributed by atoms with E-state index in [1.54, 1.807) is 4.90 Å². The summed E-state index contributed by atoms with van der Waals surface area (Å²) in [6.07, 6.45) is 4.77. The Morgan fingerprint density at radius 3 is 2.75 bits per heavy atom. The number of nitrogens with one attached hydrogen (secondary N) is 1. The minimum Gasteiger partial charge on any atom is -0.345 e. The zero-order valence-corrected chi connectivity index (χ0v) is 10.2. The predicted octanol–water partition coefficient (Wildman–Crippen LogP) is 0.936. The molecule has 16 heavy (non-hydrogen) atoms. The maximum atomic E-state index is 11.7. The minimum atomic E-state index is -0.313. The molecule has 0 aliphatic carbocycles. The smallest absolute Gasteiger partial charge is 0.243 e. The summed E-state index contributed by atoms with van der Waals surface area (Å²) in [4.78, 5) is 25.1. The van der Waals surface area contributed by atoms with Gasteiger partial charge in [-0.25, -0.2) is 0 Å². The number of carbonyl (C=O) groups is 2. The average Bonchev–Trinajstić information content (AvgIpc) is 2.23. The van der Waals surface area contributed by atoms with E-state index in [2.05, 4.69) is 5.32 Å². The van der Waals surface area contributed by atoms with E-state index in [-0.39, 0.29) is 30.3 Å². The molecule has 1 aliphatic rings. The predicted molar refractivity (Wildman–Crippen MR) is 62.8 cm³/mol. The van der Waals surface area contributed by atoms with Crippen molar-refractivity contribution in [2.24, 2.45) is 5.92 Å². The molecule has 0 aromatic heterocycles. The molecule has 1 heterocycles. The number of piperazine rings is 1. The van der Waals surface area contributed by atoms with Crippen LogP contribution < -0.4 is 5.32 Å². The summed E-state index contributed by atoms with van der Waals surface area (Å²) in [5, 5.41) is 2.64. The molecule has 2 amide bonds. The first-order chi connectivity index (χ1) is 7.57. The number of amides is 2. The normalized spacial score (nSPS) is 22.0. The van der Waals surface area contributed by atoms with Crippen LogP contribution in [0.1, 0.15) is 27.2 Å². The molecule has 4 heteroatoms. The van der Waals surface area contributed by atoms with Crippen LogP contribution in [-0.4, -0.2) is 35.8 Å². The van der Waals surface area contributed by atoms with Gasteiger partial charge in [0.2, 0.25) is 11.8 Å². The zero-order chi connectivity index (χ0) is 12.1. The summed E-state index contributed by atoms with van der Waals surface area (Å²) in [6, 6.07) is -0.313. The molecule has 1 unspecified atom stereocenters. The summed E-state index contributed by atoms with van der Waals surface area (Å²) < 4.78 is 0. The number of rotatable bonds is 4. The van der Waals surface area contributed by atoms with Gasteiger partial charge in [-0.2, -0.15) is 0 Å². The highest BCUT2D eigenvalue weighted by Gasteiger charge is 2.35. The number of allylic oxidation sites excluding steroid dienone is 1. The van der Waals surface area contributed by atoms with Gasteiger partial charge in [-0.1, -0.05) is 26.0 Å². The molecular weight excluding hydrogens is 204 g/mol. The molecule has 0 bridgehead atoms. The van der Waals surface area contributed by atoms with Gasteiger partial charge in [0, 0.05) is 6.54 Å². The highest BCUT2D eigenvalue weighted by atomic mass is 16.2. The summed E-state index contributed by atoms with van der Waals surface area (Å²) in [7, 11) is 0. The Labute approximate surface area is 96.7 Å². The average molecular weight is 224 g/mol. The molecule has 90 valence electrons. The zero-order valence-electron chi connectivity index (χ0n) is 10.2. The third-order valence-corrected chi connectivity index (χ3v) is 2.74. The molecular formula is C12H20N2O2. The summed E-state index contributed by atoms with van der Waals surface area (Å²) in [6.45, 7) is 6.64. The maximum absolute atomic E-state index is 11.7. The van der Waals surface area contributed by atoms with Gasteiger partial charge in [0.05, 0.1) is 6.54 Å². The van der Waals surface area contributed by atoms with Crippen molar-refractivity contribution >= 4 is 11.8 Å². The Kier molecular flexibility index (Phi) is 4.52. The SMILES string of the molecule is C/C=C/CCN1C(=O)CNC(=O)C1C(C)C. The molecule has 1 saturated heterocycles. The lowest BCUT2D eigenvalue weighted by molar-refractivity contribution is -0.147. The van der Waals surface area contributed by atoms with Gasteiger partial charge in [0.15, 0.2) is 0 Å². The van der Waals surface area contributed by atoms with Crippen molar-refractivity contribution in [3.8, 4) is 0 Å². The summed E-state index contributed by atoms with van der Waals surface area (Å²) in [5.74, 6) is 0.132. The highest BCUT2D eigenvalue weighted by Crippen LogP contribution is 2.15. The van der Waals surface area contributed by atoms with Crippen molar-refractivity contribution in [3.63, 3.8) is 0 Å². The van der Waals surface area contributed by atoms with Crippen molar-refractivity contribution in [1.82, 2.24) is 10.2 Å². The molecule has 0 aromatic rings. The largest absolute Gasteiger partial charge is 0.345 e. The second kappa shape index (κ2) is 5.68. The fourth-order valence-corrected chi connectivity index (χ4v) is 1.97. The Morgan fingerprint density at radius 1 is 1.50 bits per heavy atom. The number of hydrogen-bond donors (Lipinski definition) is 1. The molecule has 0 saturated carbocycles. The Bertz CT molecular complexity index is 297. The molecule has 1 fully saturated rings. The molecule has 1 N–H and O–H groups in total. The molecule has 0 aromatic carbocycles. The van der Waals surface area contributed by atoms with Gasteiger partial charge < -0.3 is 10.2 Å². The molecule has 0 radical (unpaired) electrons. The maximum Gasteiger partial charge on any atom is 0.243 e. The highest BCUT2D eigenvalue weighted by molar-refractivity contribution is 5.94. The van der Waals surface area contributed by atoms with Crippen LogP contribution in [0.4, 0.5) is 0 Å². The van der Waals surface area contributed by atoms with Gasteiger partial charge in [-0.3, -0.25) is 9.59 Å². The Hall–Kier alpha value is -1.32. The third kappa shape index (κ3) is 2.84. The standard InChI is InChI=1S/C12H20N2O2/c1-4-5-6-7-14-10(15)8-13-12(16)11(14)9(2)3/h4-5,9,11H,6-8H2,1-3H3,(H,13,16)/b5-4+. The minimum absolute atomic E-state index is 0.0165. The summed E-state index contributed by atoms with van der Waals surface area (Å²) >= 11 is 0. The molecule has 0 spiro atoms. The third-order valence-electron chi connectivity index (χ3n) is 2.74. The van der Waals surface area contributed by atoms with Gasteiger partial charge >= 0.3 is 0 Å². The van der Waals surface area contributed by atoms with Crippen molar-refractivity contribution in [3.05, 3.63) is 12.2 Å². The Morgan fingerprint density at radius 2 is 2.19 bits per heavy atom. The monoisotopic (exact) mass is 224 g/mol. The van der Waals surface area contributed by atoms with Crippen LogP contribution >= 0.6 is 0 Å². The number of nitrogens with zero attached hydrogens (tertiary/aromatic N) is 1. The number of carbonyl (C=O) groups excluding carboxylic acids is 2. The van der Waals surface area contributed by atoms with Gasteiger partial charge in [-0.05, 0) is 19.3 Å². The Balaban J connectivity index is 2.72. The molecule has 1 aliphatic heterocycles. The van der Waals surface area contributed by atoms with Gasteiger partial charge in [0.1, 0.15) is 6.04 Å². The van der Waals surface area contributed by atoms with Crippen LogP contribution in [0.2, 0.25) is 0 Å². The summed E-state index contributed by atoms with van der Waals surface area (Å²) in [5.41, 5.74) is 0. The topological polar surface area (TPSA) is 49.4 Å². The van der Waals surface area contributed by atoms with E-state index in [0.717, 1.165) is 6.42 Å². The van der Waals surface area contributed by atoms with Crippen molar-refractivity contribution < 1.29 is 9.59 Å². The van der Waals surface area contributed by atoms with E-state index in [1.165, 1.54) is 0 Å². The second-order valence-electron chi connectivity index (χ2n) is 4.35. The number of hydrogen-bond acceptors (Lipinski definition) is 2. The lowest BCUT2D eigenvalue weighted by Gasteiger charge is -2.37. The van der Waals surface area contributed by atoms with Crippen LogP contribution in [0.25, 0.3) is 0 Å². The van der Waals surface area contributed by atoms with Gasteiger partial charge in [0.25, 0.3) is 0 Å². The fourth-order valence-electron chi connectivity index (χ4n) is 1.97. The fraction of sp³-hybridized carbons (Fsp3) is 0.667. The second-order valence-corrected chi connectivity index (χ2v) is 4.35. The van der Waals surface area contributed by atoms with Crippen LogP contribution in [0.15, 0.2) is 12.2 Å². The lowest BCUT2D eigenvalue weighted by atomic mass is 9.99. The first kappa shape index (κ1) is 12.7. The van der Waals surface area contributed by atoms with E-state index in [1.807, 2.05) is 32.9 Å². The van der Waals surface area contributed by atoms with E-state index in [0.29, 0.717) is 6.54 Å². The molecule has 4 nitrogen and oxygen atoms in total. The van der Waals surface area contributed by atoms with Crippen molar-refractivity contribution in [2.45, 2.75) is 33.2 Å². The van der Waals surface area contributed by atoms with E-state index < -0.39 is 0 Å². The van der Waals surface area contributed by atoms with E-state index >= 15 is 0 Å². The van der Waals surface area contributed by atoms with Crippen LogP contribution in [0, 0.1) is 5.92 Å². The first-order valence-corrected chi connectivity index (χ1v) is 5.76. The quantitative estimate of drug-likeness (QED) is 0.722. The van der Waals surface area contributed by atoms with Crippen LogP contribution in [0.5, 0.6) is 0 Å². The van der Waals surface area contributed by atoms with Crippen molar-refractivity contribution in [2.75, 3.05) is 13.1 Å². The molecule has 1 rings (SSSR count). The van der Waals surface area contributed by atoms with E-state index in [9.17, 15) is 9.59 Å². The van der Waals surface area contributed by atoms with Crippen LogP contribution in [0.3, 0.4) is 0 Å².